The van der Waals surface area contributed by atoms with Crippen molar-refractivity contribution in [3.05, 3.63) is 23.5 Å². The molecule has 0 saturated carbocycles. The van der Waals surface area contributed by atoms with Crippen molar-refractivity contribution >= 4 is 17.5 Å². The zero-order valence-corrected chi connectivity index (χ0v) is 19.6. The lowest BCUT2D eigenvalue weighted by Gasteiger charge is -2.43. The molecule has 1 amide bonds. The number of nitrogens with zero attached hydrogens (tertiary/aromatic N) is 2. The first-order chi connectivity index (χ1) is 14.2. The average molecular weight is 438 g/mol. The van der Waals surface area contributed by atoms with Crippen LogP contribution in [0.5, 0.6) is 5.75 Å². The van der Waals surface area contributed by atoms with Crippen LogP contribution in [0.4, 0.5) is 4.79 Å². The van der Waals surface area contributed by atoms with Crippen LogP contribution in [0.3, 0.4) is 0 Å². The summed E-state index contributed by atoms with van der Waals surface area (Å²) < 4.78 is 26.8. The Kier molecular flexibility index (Phi) is 7.20. The third-order valence-corrected chi connectivity index (χ3v) is 7.74. The van der Waals surface area contributed by atoms with E-state index in [9.17, 15) is 9.35 Å². The number of aromatic nitrogens is 1. The zero-order valence-electron chi connectivity index (χ0n) is 18.8. The predicted molar refractivity (Wildman–Crippen MR) is 118 cm³/mol. The second kappa shape index (κ2) is 9.32. The number of hydrogen-bond donors (Lipinski definition) is 1. The van der Waals surface area contributed by atoms with E-state index in [1.165, 1.54) is 0 Å². The Morgan fingerprint density at radius 3 is 2.70 bits per heavy atom. The fourth-order valence-corrected chi connectivity index (χ4v) is 5.18. The summed E-state index contributed by atoms with van der Waals surface area (Å²) in [5.74, 6) is 0.705. The third-order valence-electron chi connectivity index (χ3n) is 6.18. The topological polar surface area (TPSA) is 86.8 Å². The van der Waals surface area contributed by atoms with Gasteiger partial charge in [0.2, 0.25) is 0 Å². The molecule has 1 fully saturated rings. The Balaban J connectivity index is 1.78. The highest BCUT2D eigenvalue weighted by molar-refractivity contribution is 7.90. The Bertz CT molecular complexity index is 744. The van der Waals surface area contributed by atoms with Crippen molar-refractivity contribution in [3.63, 3.8) is 0 Å². The molecule has 1 aromatic heterocycles. The Morgan fingerprint density at radius 1 is 1.40 bits per heavy atom. The van der Waals surface area contributed by atoms with Crippen LogP contribution in [-0.4, -0.2) is 52.1 Å². The molecule has 7 nitrogen and oxygen atoms in total. The van der Waals surface area contributed by atoms with Gasteiger partial charge >= 0.3 is 6.09 Å². The summed E-state index contributed by atoms with van der Waals surface area (Å²) in [5, 5.41) is 0. The van der Waals surface area contributed by atoms with Crippen molar-refractivity contribution in [2.24, 2.45) is 5.41 Å². The van der Waals surface area contributed by atoms with Gasteiger partial charge in [-0.1, -0.05) is 13.3 Å². The summed E-state index contributed by atoms with van der Waals surface area (Å²) in [4.78, 5) is 18.8. The van der Waals surface area contributed by atoms with E-state index >= 15 is 0 Å². The second-order valence-electron chi connectivity index (χ2n) is 9.34. The maximum atomic E-state index is 13.0. The van der Waals surface area contributed by atoms with Gasteiger partial charge < -0.3 is 18.9 Å². The van der Waals surface area contributed by atoms with Gasteiger partial charge in [0.25, 0.3) is 0 Å². The standard InChI is InChI=1S/C22H35N3O4S/c1-6-7-12-29-20(26)25-10-8-22(9-11-25)14-18-17(13-16(28-5)15-23-18)19(22)24-30(27)21(2,3)4/h13,15,19,24H,6-12,14H2,1-5H3/t19?,30-/m1/s1. The lowest BCUT2D eigenvalue weighted by molar-refractivity contribution is 0.0560. The smallest absolute Gasteiger partial charge is 0.409 e. The molecule has 1 saturated heterocycles. The van der Waals surface area contributed by atoms with E-state index in [2.05, 4.69) is 16.6 Å². The fraction of sp³-hybridized carbons (Fsp3) is 0.727. The highest BCUT2D eigenvalue weighted by Crippen LogP contribution is 2.52. The van der Waals surface area contributed by atoms with Crippen molar-refractivity contribution in [1.82, 2.24) is 14.6 Å². The van der Waals surface area contributed by atoms with Crippen LogP contribution in [-0.2, 0) is 22.5 Å². The number of ether oxygens (including phenoxy) is 2. The molecule has 1 aliphatic heterocycles. The summed E-state index contributed by atoms with van der Waals surface area (Å²) in [6.07, 6.45) is 5.85. The van der Waals surface area contributed by atoms with E-state index in [4.69, 9.17) is 9.47 Å². The van der Waals surface area contributed by atoms with Crippen LogP contribution in [0.1, 0.15) is 70.7 Å². The lowest BCUT2D eigenvalue weighted by atomic mass is 9.73. The summed E-state index contributed by atoms with van der Waals surface area (Å²) in [6.45, 7) is 9.73. The maximum absolute atomic E-state index is 13.0. The van der Waals surface area contributed by atoms with Gasteiger partial charge in [0.05, 0.1) is 26.0 Å². The normalized spacial score (nSPS) is 21.4. The molecule has 0 bridgehead atoms. The van der Waals surface area contributed by atoms with E-state index in [1.807, 2.05) is 26.8 Å². The Hall–Kier alpha value is -1.51. The number of carbonyl (C=O) groups is 1. The molecule has 2 heterocycles. The molecule has 1 unspecified atom stereocenters. The van der Waals surface area contributed by atoms with E-state index in [0.717, 1.165) is 43.4 Å². The van der Waals surface area contributed by atoms with Gasteiger partial charge in [-0.25, -0.2) is 4.79 Å². The van der Waals surface area contributed by atoms with Crippen LogP contribution in [0.2, 0.25) is 0 Å². The number of pyridine rings is 1. The number of likely N-dealkylation sites (tertiary alicyclic amines) is 1. The van der Waals surface area contributed by atoms with Gasteiger partial charge in [-0.2, -0.15) is 0 Å². The minimum atomic E-state index is -1.22. The number of amides is 1. The number of hydrogen-bond acceptors (Lipinski definition) is 6. The van der Waals surface area contributed by atoms with Crippen LogP contribution >= 0.6 is 0 Å². The molecule has 1 spiro atoms. The molecule has 2 aliphatic rings. The maximum Gasteiger partial charge on any atom is 0.409 e. The van der Waals surface area contributed by atoms with Gasteiger partial charge in [-0.3, -0.25) is 4.98 Å². The van der Waals surface area contributed by atoms with E-state index in [1.54, 1.807) is 18.2 Å². The van der Waals surface area contributed by atoms with Gasteiger partial charge in [-0.15, -0.1) is 4.72 Å². The molecule has 30 heavy (non-hydrogen) atoms. The van der Waals surface area contributed by atoms with Gasteiger partial charge in [0.1, 0.15) is 10.5 Å². The zero-order chi connectivity index (χ0) is 21.9. The Morgan fingerprint density at radius 2 is 2.10 bits per heavy atom. The first-order valence-corrected chi connectivity index (χ1v) is 12.0. The number of fused-ring (bicyclic) bond motifs is 1. The van der Waals surface area contributed by atoms with Gasteiger partial charge in [0, 0.05) is 35.6 Å². The van der Waals surface area contributed by atoms with Crippen molar-refractivity contribution in [2.75, 3.05) is 26.8 Å². The van der Waals surface area contributed by atoms with Crippen LogP contribution in [0, 0.1) is 5.41 Å². The number of unbranched alkanes of at least 4 members (excludes halogenated alkanes) is 1. The molecular formula is C22H35N3O4S. The van der Waals surface area contributed by atoms with E-state index < -0.39 is 11.4 Å². The molecule has 8 heteroatoms. The molecule has 0 aromatic carbocycles. The molecule has 1 N–H and O–H groups in total. The summed E-state index contributed by atoms with van der Waals surface area (Å²) in [6, 6.07) is 1.92. The third kappa shape index (κ3) is 4.86. The van der Waals surface area contributed by atoms with Crippen molar-refractivity contribution < 1.29 is 18.8 Å². The summed E-state index contributed by atoms with van der Waals surface area (Å²) in [5.41, 5.74) is 1.96. The summed E-state index contributed by atoms with van der Waals surface area (Å²) >= 11 is -1.22. The molecule has 0 radical (unpaired) electrons. The van der Waals surface area contributed by atoms with Crippen LogP contribution in [0.15, 0.2) is 12.3 Å². The van der Waals surface area contributed by atoms with Crippen molar-refractivity contribution in [3.8, 4) is 5.75 Å². The monoisotopic (exact) mass is 437 g/mol. The van der Waals surface area contributed by atoms with Gasteiger partial charge in [-0.05, 0) is 58.1 Å². The molecule has 1 aromatic rings. The summed E-state index contributed by atoms with van der Waals surface area (Å²) in [7, 11) is 1.63. The molecule has 2 atom stereocenters. The Labute approximate surface area is 183 Å². The largest absolute Gasteiger partial charge is 0.598 e. The van der Waals surface area contributed by atoms with Crippen molar-refractivity contribution in [1.29, 1.82) is 0 Å². The SMILES string of the molecule is CCCCOC(=O)N1CCC2(CC1)Cc1ncc(OC)cc1C2N[S@+]([O-])C(C)(C)C. The van der Waals surface area contributed by atoms with Crippen LogP contribution in [0.25, 0.3) is 0 Å². The number of nitrogens with one attached hydrogen (secondary N) is 1. The minimum Gasteiger partial charge on any atom is -0.598 e. The number of rotatable bonds is 6. The quantitative estimate of drug-likeness (QED) is 0.539. The molecular weight excluding hydrogens is 402 g/mol. The van der Waals surface area contributed by atoms with Crippen molar-refractivity contribution in [2.45, 2.75) is 70.6 Å². The number of carbonyl (C=O) groups excluding carboxylic acids is 1. The first-order valence-electron chi connectivity index (χ1n) is 10.8. The number of methoxy groups -OCH3 is 1. The molecule has 1 aliphatic carbocycles. The van der Waals surface area contributed by atoms with E-state index in [0.29, 0.717) is 25.4 Å². The molecule has 168 valence electrons. The molecule has 3 rings (SSSR count). The highest BCUT2D eigenvalue weighted by Gasteiger charge is 2.51. The minimum absolute atomic E-state index is 0.0894. The highest BCUT2D eigenvalue weighted by atomic mass is 32.2. The van der Waals surface area contributed by atoms with Gasteiger partial charge in [0.15, 0.2) is 0 Å². The number of piperidine rings is 1. The average Bonchev–Trinajstić information content (AvgIpc) is 3.00. The van der Waals surface area contributed by atoms with E-state index in [-0.39, 0.29) is 22.3 Å². The fourth-order valence-electron chi connectivity index (χ4n) is 4.23. The second-order valence-corrected chi connectivity index (χ2v) is 11.3. The van der Waals surface area contributed by atoms with Crippen LogP contribution < -0.4 is 9.46 Å². The lowest BCUT2D eigenvalue weighted by Crippen LogP contribution is -2.50. The first kappa shape index (κ1) is 23.2. The predicted octanol–water partition coefficient (Wildman–Crippen LogP) is 3.76.